The van der Waals surface area contributed by atoms with E-state index in [0.29, 0.717) is 5.02 Å². The lowest BCUT2D eigenvalue weighted by Crippen LogP contribution is -2.92. The zero-order valence-corrected chi connectivity index (χ0v) is 17.5. The number of hydrogen-bond donors (Lipinski definition) is 3. The molecule has 152 valence electrons. The molecule has 6 heteroatoms. The van der Waals surface area contributed by atoms with E-state index >= 15 is 0 Å². The van der Waals surface area contributed by atoms with E-state index in [0.717, 1.165) is 42.6 Å². The van der Waals surface area contributed by atoms with Gasteiger partial charge in [-0.2, -0.15) is 0 Å². The minimum Gasteiger partial charge on any atom is -0.332 e. The maximum Gasteiger partial charge on any atom is 0.322 e. The van der Waals surface area contributed by atoms with Crippen molar-refractivity contribution in [2.75, 3.05) is 0 Å². The van der Waals surface area contributed by atoms with E-state index in [1.54, 1.807) is 0 Å². The normalized spacial score (nSPS) is 32.6. The van der Waals surface area contributed by atoms with Gasteiger partial charge in [0.25, 0.3) is 5.91 Å². The van der Waals surface area contributed by atoms with Crippen molar-refractivity contribution in [2.24, 2.45) is 17.8 Å². The Hall–Kier alpha value is -1.59. The van der Waals surface area contributed by atoms with Crippen LogP contribution in [0, 0.1) is 17.8 Å². The second-order valence-corrected chi connectivity index (χ2v) is 9.90. The molecule has 2 atom stereocenters. The van der Waals surface area contributed by atoms with Gasteiger partial charge in [0.2, 0.25) is 0 Å². The zero-order valence-electron chi connectivity index (χ0n) is 16.7. The highest BCUT2D eigenvalue weighted by atomic mass is 35.5. The van der Waals surface area contributed by atoms with Crippen molar-refractivity contribution >= 4 is 23.5 Å². The Bertz CT molecular complexity index is 731. The van der Waals surface area contributed by atoms with Crippen LogP contribution in [-0.2, 0) is 4.79 Å². The molecule has 3 amide bonds. The number of nitrogens with one attached hydrogen (secondary N) is 2. The predicted molar refractivity (Wildman–Crippen MR) is 109 cm³/mol. The van der Waals surface area contributed by atoms with Gasteiger partial charge >= 0.3 is 6.03 Å². The molecule has 0 aromatic heterocycles. The minimum absolute atomic E-state index is 0.0747. The first-order valence-corrected chi connectivity index (χ1v) is 10.9. The molecule has 0 spiro atoms. The highest BCUT2D eigenvalue weighted by molar-refractivity contribution is 6.30. The third kappa shape index (κ3) is 4.20. The van der Waals surface area contributed by atoms with Crippen LogP contribution < -0.4 is 16.0 Å². The van der Waals surface area contributed by atoms with E-state index < -0.39 is 0 Å². The van der Waals surface area contributed by atoms with Crippen molar-refractivity contribution in [3.05, 3.63) is 34.9 Å². The largest absolute Gasteiger partial charge is 0.332 e. The summed E-state index contributed by atoms with van der Waals surface area (Å²) in [6.45, 7) is 3.86. The SMILES string of the molecule is C[C@@H]([NH2+][C@H](C)c1cccc(Cl)c1)C(=O)NC(=O)NC12CC3CC(CC(C3)C1)C2. The van der Waals surface area contributed by atoms with Gasteiger partial charge in [-0.25, -0.2) is 4.79 Å². The van der Waals surface area contributed by atoms with Crippen molar-refractivity contribution in [3.63, 3.8) is 0 Å². The maximum atomic E-state index is 12.6. The third-order valence-corrected chi connectivity index (χ3v) is 7.25. The van der Waals surface area contributed by atoms with Crippen LogP contribution in [0.1, 0.15) is 64.0 Å². The highest BCUT2D eigenvalue weighted by Crippen LogP contribution is 2.55. The van der Waals surface area contributed by atoms with Gasteiger partial charge in [0, 0.05) is 16.1 Å². The lowest BCUT2D eigenvalue weighted by Gasteiger charge is -2.56. The number of amides is 3. The number of hydrogen-bond acceptors (Lipinski definition) is 2. The van der Waals surface area contributed by atoms with Crippen molar-refractivity contribution in [1.82, 2.24) is 10.6 Å². The fraction of sp³-hybridized carbons (Fsp3) is 0.636. The summed E-state index contributed by atoms with van der Waals surface area (Å²) in [5.41, 5.74) is 0.977. The number of nitrogens with two attached hydrogens (primary N) is 1. The van der Waals surface area contributed by atoms with Crippen LogP contribution >= 0.6 is 11.6 Å². The molecule has 4 N–H and O–H groups in total. The number of carbonyl (C=O) groups is 2. The van der Waals surface area contributed by atoms with Gasteiger partial charge in [0.05, 0.1) is 0 Å². The molecule has 0 saturated heterocycles. The average Bonchev–Trinajstić information content (AvgIpc) is 2.59. The summed E-state index contributed by atoms with van der Waals surface area (Å²) in [6.07, 6.45) is 7.22. The van der Waals surface area contributed by atoms with Gasteiger partial charge in [-0.3, -0.25) is 10.1 Å². The molecule has 28 heavy (non-hydrogen) atoms. The minimum atomic E-state index is -0.365. The Kier molecular flexibility index (Phi) is 5.41. The van der Waals surface area contributed by atoms with Crippen LogP contribution in [-0.4, -0.2) is 23.5 Å². The Morgan fingerprint density at radius 1 is 1.11 bits per heavy atom. The average molecular weight is 405 g/mol. The second kappa shape index (κ2) is 7.68. The lowest BCUT2D eigenvalue weighted by molar-refractivity contribution is -0.710. The Balaban J connectivity index is 1.30. The smallest absolute Gasteiger partial charge is 0.322 e. The maximum absolute atomic E-state index is 12.6. The summed E-state index contributed by atoms with van der Waals surface area (Å²) in [5.74, 6) is 2.02. The van der Waals surface area contributed by atoms with Gasteiger partial charge in [0.1, 0.15) is 6.04 Å². The fourth-order valence-electron chi connectivity index (χ4n) is 6.18. The van der Waals surface area contributed by atoms with Crippen molar-refractivity contribution < 1.29 is 14.9 Å². The summed E-state index contributed by atoms with van der Waals surface area (Å²) in [6, 6.07) is 7.03. The molecule has 4 bridgehead atoms. The molecule has 4 aliphatic carbocycles. The van der Waals surface area contributed by atoms with Gasteiger partial charge in [-0.1, -0.05) is 23.7 Å². The highest BCUT2D eigenvalue weighted by Gasteiger charge is 2.51. The van der Waals surface area contributed by atoms with Crippen LogP contribution in [0.5, 0.6) is 0 Å². The second-order valence-electron chi connectivity index (χ2n) is 9.47. The number of imide groups is 1. The molecular weight excluding hydrogens is 374 g/mol. The number of quaternary nitrogens is 1. The summed E-state index contributed by atoms with van der Waals surface area (Å²) in [4.78, 5) is 25.1. The van der Waals surface area contributed by atoms with Crippen molar-refractivity contribution in [1.29, 1.82) is 0 Å². The molecule has 0 heterocycles. The fourth-order valence-corrected chi connectivity index (χ4v) is 6.38. The van der Waals surface area contributed by atoms with E-state index in [2.05, 4.69) is 10.6 Å². The van der Waals surface area contributed by atoms with E-state index in [1.165, 1.54) is 19.3 Å². The summed E-state index contributed by atoms with van der Waals surface area (Å²) in [5, 5.41) is 8.42. The Labute approximate surface area is 172 Å². The first-order chi connectivity index (χ1) is 13.3. The van der Waals surface area contributed by atoms with Crippen LogP contribution in [0.2, 0.25) is 5.02 Å². The van der Waals surface area contributed by atoms with E-state index in [1.807, 2.05) is 43.4 Å². The topological polar surface area (TPSA) is 74.8 Å². The van der Waals surface area contributed by atoms with Crippen LogP contribution in [0.4, 0.5) is 4.79 Å². The number of halogens is 1. The van der Waals surface area contributed by atoms with Crippen LogP contribution in [0.3, 0.4) is 0 Å². The first-order valence-electron chi connectivity index (χ1n) is 10.6. The molecule has 0 unspecified atom stereocenters. The quantitative estimate of drug-likeness (QED) is 0.705. The molecule has 5 nitrogen and oxygen atoms in total. The molecule has 4 aliphatic rings. The monoisotopic (exact) mass is 404 g/mol. The molecule has 0 radical (unpaired) electrons. The van der Waals surface area contributed by atoms with Crippen molar-refractivity contribution in [2.45, 2.75) is 70.0 Å². The van der Waals surface area contributed by atoms with Gasteiger partial charge in [-0.15, -0.1) is 0 Å². The van der Waals surface area contributed by atoms with E-state index in [4.69, 9.17) is 11.6 Å². The number of urea groups is 1. The molecule has 1 aromatic carbocycles. The molecule has 5 rings (SSSR count). The lowest BCUT2D eigenvalue weighted by atomic mass is 9.53. The van der Waals surface area contributed by atoms with Gasteiger partial charge in [0.15, 0.2) is 6.04 Å². The number of rotatable bonds is 5. The molecule has 4 saturated carbocycles. The molecular formula is C22H31ClN3O2+. The molecule has 0 aliphatic heterocycles. The molecule has 1 aromatic rings. The van der Waals surface area contributed by atoms with Gasteiger partial charge < -0.3 is 10.6 Å². The zero-order chi connectivity index (χ0) is 19.9. The predicted octanol–water partition coefficient (Wildman–Crippen LogP) is 3.15. The standard InChI is InChI=1S/C22H30ClN3O2/c1-13(18-4-3-5-19(23)9-18)24-14(2)20(27)25-21(28)26-22-10-15-6-16(11-22)8-17(7-15)12-22/h3-5,9,13-17,24H,6-8,10-12H2,1-2H3,(H2,25,26,27,28)/p+1/t13-,14-,15?,16?,17?,22?/m1/s1. The molecule has 4 fully saturated rings. The number of benzene rings is 1. The van der Waals surface area contributed by atoms with E-state index in [9.17, 15) is 9.59 Å². The van der Waals surface area contributed by atoms with Crippen molar-refractivity contribution in [3.8, 4) is 0 Å². The van der Waals surface area contributed by atoms with Crippen LogP contribution in [0.25, 0.3) is 0 Å². The number of carbonyl (C=O) groups excluding carboxylic acids is 2. The summed E-state index contributed by atoms with van der Waals surface area (Å²) in [7, 11) is 0. The first kappa shape index (κ1) is 19.7. The van der Waals surface area contributed by atoms with E-state index in [-0.39, 0.29) is 29.6 Å². The Morgan fingerprint density at radius 3 is 2.29 bits per heavy atom. The summed E-state index contributed by atoms with van der Waals surface area (Å²) < 4.78 is 0. The Morgan fingerprint density at radius 2 is 1.71 bits per heavy atom. The third-order valence-electron chi connectivity index (χ3n) is 7.02. The summed E-state index contributed by atoms with van der Waals surface area (Å²) >= 11 is 6.06. The van der Waals surface area contributed by atoms with Gasteiger partial charge in [-0.05, 0) is 82.3 Å². The van der Waals surface area contributed by atoms with Crippen LogP contribution in [0.15, 0.2) is 24.3 Å².